The Morgan fingerprint density at radius 3 is 2.90 bits per heavy atom. The minimum atomic E-state index is -0.376. The molecule has 1 aliphatic carbocycles. The van der Waals surface area contributed by atoms with Crippen LogP contribution in [0.4, 0.5) is 11.4 Å². The van der Waals surface area contributed by atoms with E-state index in [1.165, 1.54) is 6.07 Å². The Bertz CT molecular complexity index is 592. The number of nitrogens with two attached hydrogens (primary N) is 1. The number of nitrogens with one attached hydrogen (secondary N) is 1. The normalized spacial score (nSPS) is 19.8. The monoisotopic (exact) mass is 273 g/mol. The summed E-state index contributed by atoms with van der Waals surface area (Å²) in [5.41, 5.74) is 6.92. The van der Waals surface area contributed by atoms with Crippen molar-refractivity contribution in [2.45, 2.75) is 13.3 Å². The van der Waals surface area contributed by atoms with Crippen LogP contribution in [-0.2, 0) is 14.3 Å². The molecule has 20 heavy (non-hydrogen) atoms. The molecule has 0 aliphatic heterocycles. The summed E-state index contributed by atoms with van der Waals surface area (Å²) in [6.45, 7) is 2.03. The van der Waals surface area contributed by atoms with Gasteiger partial charge in [-0.15, -0.1) is 0 Å². The van der Waals surface area contributed by atoms with Gasteiger partial charge in [0.25, 0.3) is 0 Å². The van der Waals surface area contributed by atoms with Crippen LogP contribution in [0.15, 0.2) is 18.2 Å². The molecule has 3 N–H and O–H groups in total. The molecule has 1 amide bonds. The molecule has 0 spiro atoms. The molecule has 0 radical (unpaired) electrons. The second-order valence-corrected chi connectivity index (χ2v) is 4.60. The Morgan fingerprint density at radius 2 is 2.25 bits per heavy atom. The lowest BCUT2D eigenvalue weighted by Gasteiger charge is -2.08. The van der Waals surface area contributed by atoms with Crippen molar-refractivity contribution in [3.63, 3.8) is 0 Å². The summed E-state index contributed by atoms with van der Waals surface area (Å²) < 4.78 is 4.87. The zero-order valence-electron chi connectivity index (χ0n) is 11.1. The van der Waals surface area contributed by atoms with Crippen molar-refractivity contribution in [1.82, 2.24) is 0 Å². The molecule has 1 fully saturated rings. The van der Waals surface area contributed by atoms with Gasteiger partial charge in [0.1, 0.15) is 0 Å². The highest BCUT2D eigenvalue weighted by atomic mass is 16.5. The van der Waals surface area contributed by atoms with Gasteiger partial charge in [0, 0.05) is 0 Å². The molecule has 0 bridgehead atoms. The van der Waals surface area contributed by atoms with E-state index in [1.54, 1.807) is 19.1 Å². The van der Waals surface area contributed by atoms with Crippen molar-refractivity contribution in [2.75, 3.05) is 17.7 Å². The highest BCUT2D eigenvalue weighted by Crippen LogP contribution is 2.40. The molecule has 1 aromatic rings. The fourth-order valence-corrected chi connectivity index (χ4v) is 1.95. The summed E-state index contributed by atoms with van der Waals surface area (Å²) >= 11 is 0. The topological polar surface area (TPSA) is 105 Å². The van der Waals surface area contributed by atoms with Gasteiger partial charge in [-0.05, 0) is 31.5 Å². The number of anilines is 2. The van der Waals surface area contributed by atoms with Gasteiger partial charge in [0.05, 0.1) is 41.5 Å². The largest absolute Gasteiger partial charge is 0.466 e. The van der Waals surface area contributed by atoms with Crippen LogP contribution in [0, 0.1) is 23.2 Å². The van der Waals surface area contributed by atoms with E-state index in [0.717, 1.165) is 0 Å². The number of esters is 1. The number of rotatable bonds is 4. The molecule has 2 rings (SSSR count). The third-order valence-electron chi connectivity index (χ3n) is 3.16. The Labute approximate surface area is 116 Å². The van der Waals surface area contributed by atoms with Crippen LogP contribution in [0.1, 0.15) is 18.9 Å². The number of hydrogen-bond acceptors (Lipinski definition) is 5. The van der Waals surface area contributed by atoms with Crippen LogP contribution in [-0.4, -0.2) is 18.5 Å². The summed E-state index contributed by atoms with van der Waals surface area (Å²) in [6, 6.07) is 6.62. The number of amides is 1. The second-order valence-electron chi connectivity index (χ2n) is 4.60. The Hall–Kier alpha value is -2.55. The summed E-state index contributed by atoms with van der Waals surface area (Å²) in [7, 11) is 0. The molecule has 2 atom stereocenters. The van der Waals surface area contributed by atoms with Crippen molar-refractivity contribution >= 4 is 23.3 Å². The van der Waals surface area contributed by atoms with Gasteiger partial charge in [0.2, 0.25) is 5.91 Å². The third kappa shape index (κ3) is 2.88. The number of nitrogens with zero attached hydrogens (tertiary/aromatic N) is 1. The van der Waals surface area contributed by atoms with Crippen LogP contribution >= 0.6 is 0 Å². The Balaban J connectivity index is 2.00. The predicted octanol–water partition coefficient (Wildman–Crippen LogP) is 1.28. The molecule has 1 saturated carbocycles. The van der Waals surface area contributed by atoms with Gasteiger partial charge in [-0.3, -0.25) is 9.59 Å². The third-order valence-corrected chi connectivity index (χ3v) is 3.16. The number of ether oxygens (including phenoxy) is 1. The molecular weight excluding hydrogens is 258 g/mol. The summed E-state index contributed by atoms with van der Waals surface area (Å²) in [6.07, 6.45) is 0.489. The zero-order chi connectivity index (χ0) is 14.7. The first kappa shape index (κ1) is 13.9. The first-order chi connectivity index (χ1) is 9.56. The average Bonchev–Trinajstić information content (AvgIpc) is 3.22. The Morgan fingerprint density at radius 1 is 1.50 bits per heavy atom. The van der Waals surface area contributed by atoms with E-state index in [4.69, 9.17) is 15.7 Å². The summed E-state index contributed by atoms with van der Waals surface area (Å²) in [5.74, 6) is -1.36. The van der Waals surface area contributed by atoms with Gasteiger partial charge in [-0.1, -0.05) is 0 Å². The van der Waals surface area contributed by atoms with E-state index in [0.29, 0.717) is 30.0 Å². The molecule has 0 saturated heterocycles. The van der Waals surface area contributed by atoms with Gasteiger partial charge in [-0.25, -0.2) is 0 Å². The Kier molecular flexibility index (Phi) is 3.89. The van der Waals surface area contributed by atoms with E-state index in [1.807, 2.05) is 6.07 Å². The minimum absolute atomic E-state index is 0.273. The van der Waals surface area contributed by atoms with E-state index < -0.39 is 0 Å². The van der Waals surface area contributed by atoms with Gasteiger partial charge >= 0.3 is 5.97 Å². The molecule has 0 aromatic heterocycles. The molecule has 104 valence electrons. The fraction of sp³-hybridized carbons (Fsp3) is 0.357. The van der Waals surface area contributed by atoms with Crippen molar-refractivity contribution in [1.29, 1.82) is 5.26 Å². The minimum Gasteiger partial charge on any atom is -0.466 e. The lowest BCUT2D eigenvalue weighted by atomic mass is 10.2. The molecular formula is C14H15N3O3. The number of nitriles is 1. The molecule has 0 unspecified atom stereocenters. The maximum Gasteiger partial charge on any atom is 0.309 e. The van der Waals surface area contributed by atoms with Gasteiger partial charge < -0.3 is 15.8 Å². The lowest BCUT2D eigenvalue weighted by molar-refractivity contribution is -0.145. The van der Waals surface area contributed by atoms with Gasteiger partial charge in [0.15, 0.2) is 0 Å². The lowest BCUT2D eigenvalue weighted by Crippen LogP contribution is -2.18. The standard InChI is InChI=1S/C14H15N3O3/c1-2-20-14(19)10-6-9(10)13(18)17-12-5-8(7-15)3-4-11(12)16/h3-5,9-10H,2,6,16H2,1H3,(H,17,18)/t9-,10-/m1/s1. The number of carbonyl (C=O) groups is 2. The van der Waals surface area contributed by atoms with E-state index in [2.05, 4.69) is 5.32 Å². The van der Waals surface area contributed by atoms with Crippen LogP contribution in [0.5, 0.6) is 0 Å². The number of nitrogen functional groups attached to an aromatic ring is 1. The zero-order valence-corrected chi connectivity index (χ0v) is 11.1. The first-order valence-electron chi connectivity index (χ1n) is 6.34. The number of benzene rings is 1. The summed E-state index contributed by atoms with van der Waals surface area (Å²) in [4.78, 5) is 23.5. The number of hydrogen-bond donors (Lipinski definition) is 2. The van der Waals surface area contributed by atoms with Crippen LogP contribution in [0.25, 0.3) is 0 Å². The molecule has 1 aromatic carbocycles. The predicted molar refractivity (Wildman–Crippen MR) is 72.4 cm³/mol. The van der Waals surface area contributed by atoms with Crippen molar-refractivity contribution < 1.29 is 14.3 Å². The summed E-state index contributed by atoms with van der Waals surface area (Å²) in [5, 5.41) is 11.5. The van der Waals surface area contributed by atoms with Crippen molar-refractivity contribution in [3.8, 4) is 6.07 Å². The smallest absolute Gasteiger partial charge is 0.309 e. The van der Waals surface area contributed by atoms with Crippen molar-refractivity contribution in [2.24, 2.45) is 11.8 Å². The maximum atomic E-state index is 12.0. The van der Waals surface area contributed by atoms with E-state index in [-0.39, 0.29) is 23.7 Å². The second kappa shape index (κ2) is 5.61. The quantitative estimate of drug-likeness (QED) is 0.635. The highest BCUT2D eigenvalue weighted by molar-refractivity contribution is 6.00. The van der Waals surface area contributed by atoms with E-state index >= 15 is 0 Å². The highest BCUT2D eigenvalue weighted by Gasteiger charge is 2.49. The molecule has 0 heterocycles. The van der Waals surface area contributed by atoms with Crippen LogP contribution in [0.2, 0.25) is 0 Å². The SMILES string of the molecule is CCOC(=O)[C@@H]1C[C@H]1C(=O)Nc1cc(C#N)ccc1N. The molecule has 6 heteroatoms. The van der Waals surface area contributed by atoms with Gasteiger partial charge in [-0.2, -0.15) is 5.26 Å². The molecule has 6 nitrogen and oxygen atoms in total. The fourth-order valence-electron chi connectivity index (χ4n) is 1.95. The van der Waals surface area contributed by atoms with Crippen molar-refractivity contribution in [3.05, 3.63) is 23.8 Å². The number of carbonyl (C=O) groups excluding carboxylic acids is 2. The van der Waals surface area contributed by atoms with Crippen LogP contribution in [0.3, 0.4) is 0 Å². The maximum absolute atomic E-state index is 12.0. The van der Waals surface area contributed by atoms with Crippen LogP contribution < -0.4 is 11.1 Å². The average molecular weight is 273 g/mol. The van der Waals surface area contributed by atoms with E-state index in [9.17, 15) is 9.59 Å². The first-order valence-corrected chi connectivity index (χ1v) is 6.34. The molecule has 1 aliphatic rings.